The second kappa shape index (κ2) is 5.29. The average Bonchev–Trinajstić information content (AvgIpc) is 2.71. The number of nitrogens with one attached hydrogen (secondary N) is 1. The fourth-order valence-corrected chi connectivity index (χ4v) is 2.27. The third kappa shape index (κ3) is 2.75. The first-order chi connectivity index (χ1) is 8.58. The molecule has 1 heterocycles. The minimum Gasteiger partial charge on any atom is -0.397 e. The third-order valence-corrected chi connectivity index (χ3v) is 3.16. The van der Waals surface area contributed by atoms with Gasteiger partial charge in [-0.25, -0.2) is 0 Å². The van der Waals surface area contributed by atoms with Gasteiger partial charge in [-0.3, -0.25) is 4.79 Å². The van der Waals surface area contributed by atoms with Gasteiger partial charge < -0.3 is 16.0 Å². The van der Waals surface area contributed by atoms with Gasteiger partial charge in [-0.05, 0) is 24.0 Å². The summed E-state index contributed by atoms with van der Waals surface area (Å²) in [5, 5.41) is 2.94. The molecule has 0 bridgehead atoms. The molecule has 0 saturated carbocycles. The van der Waals surface area contributed by atoms with Gasteiger partial charge in [0.15, 0.2) is 0 Å². The second-order valence-electron chi connectivity index (χ2n) is 5.22. The minimum absolute atomic E-state index is 0.0693. The molecule has 98 valence electrons. The van der Waals surface area contributed by atoms with Crippen molar-refractivity contribution in [2.45, 2.75) is 20.3 Å². The van der Waals surface area contributed by atoms with Gasteiger partial charge in [0, 0.05) is 13.1 Å². The van der Waals surface area contributed by atoms with Crippen LogP contribution in [-0.4, -0.2) is 25.5 Å². The van der Waals surface area contributed by atoms with Gasteiger partial charge in [0.2, 0.25) is 5.91 Å². The summed E-state index contributed by atoms with van der Waals surface area (Å²) < 4.78 is 0. The maximum Gasteiger partial charge on any atom is 0.239 e. The molecule has 0 spiro atoms. The van der Waals surface area contributed by atoms with Crippen molar-refractivity contribution in [3.05, 3.63) is 23.8 Å². The summed E-state index contributed by atoms with van der Waals surface area (Å²) in [4.78, 5) is 13.9. The van der Waals surface area contributed by atoms with Crippen LogP contribution < -0.4 is 16.0 Å². The summed E-state index contributed by atoms with van der Waals surface area (Å²) in [5.41, 5.74) is 9.03. The zero-order valence-electron chi connectivity index (χ0n) is 11.1. The van der Waals surface area contributed by atoms with Gasteiger partial charge in [-0.2, -0.15) is 0 Å². The molecule has 2 rings (SSSR count). The van der Waals surface area contributed by atoms with Crippen molar-refractivity contribution in [3.63, 3.8) is 0 Å². The van der Waals surface area contributed by atoms with Crippen LogP contribution >= 0.6 is 0 Å². The Kier molecular flexibility index (Phi) is 3.75. The third-order valence-electron chi connectivity index (χ3n) is 3.16. The lowest BCUT2D eigenvalue weighted by Crippen LogP contribution is -2.38. The molecule has 1 amide bonds. The highest BCUT2D eigenvalue weighted by Crippen LogP contribution is 2.33. The molecule has 1 aliphatic rings. The summed E-state index contributed by atoms with van der Waals surface area (Å²) in [6.07, 6.45) is 0.970. The molecule has 0 aliphatic carbocycles. The number of anilines is 2. The lowest BCUT2D eigenvalue weighted by Gasteiger charge is -2.20. The van der Waals surface area contributed by atoms with E-state index in [1.807, 2.05) is 12.1 Å². The van der Waals surface area contributed by atoms with E-state index in [0.717, 1.165) is 30.9 Å². The number of fused-ring (bicyclic) bond motifs is 1. The van der Waals surface area contributed by atoms with Crippen molar-refractivity contribution in [3.8, 4) is 0 Å². The maximum atomic E-state index is 11.8. The molecular weight excluding hydrogens is 226 g/mol. The number of rotatable bonds is 4. The van der Waals surface area contributed by atoms with E-state index < -0.39 is 0 Å². The normalized spacial score (nSPS) is 13.8. The molecule has 0 aromatic heterocycles. The van der Waals surface area contributed by atoms with Crippen LogP contribution in [0.4, 0.5) is 11.4 Å². The smallest absolute Gasteiger partial charge is 0.239 e. The van der Waals surface area contributed by atoms with E-state index in [1.165, 1.54) is 5.56 Å². The van der Waals surface area contributed by atoms with Crippen LogP contribution in [0.3, 0.4) is 0 Å². The van der Waals surface area contributed by atoms with E-state index in [-0.39, 0.29) is 5.91 Å². The zero-order chi connectivity index (χ0) is 13.1. The second-order valence-corrected chi connectivity index (χ2v) is 5.22. The number of carbonyl (C=O) groups excluding carboxylic acids is 1. The molecule has 4 nitrogen and oxygen atoms in total. The fraction of sp³-hybridized carbons (Fsp3) is 0.500. The van der Waals surface area contributed by atoms with Crippen LogP contribution in [0.5, 0.6) is 0 Å². The van der Waals surface area contributed by atoms with Crippen molar-refractivity contribution in [1.29, 1.82) is 0 Å². The molecule has 0 radical (unpaired) electrons. The molecule has 4 heteroatoms. The maximum absolute atomic E-state index is 11.8. The SMILES string of the molecule is CC(C)CNC(=O)CN1CCc2cccc(N)c21. The Morgan fingerprint density at radius 3 is 3.00 bits per heavy atom. The van der Waals surface area contributed by atoms with E-state index >= 15 is 0 Å². The molecule has 0 saturated heterocycles. The predicted octanol–water partition coefficient (Wildman–Crippen LogP) is 1.40. The number of hydrogen-bond acceptors (Lipinski definition) is 3. The number of amides is 1. The zero-order valence-corrected chi connectivity index (χ0v) is 11.1. The summed E-state index contributed by atoms with van der Waals surface area (Å²) in [5.74, 6) is 0.546. The molecule has 0 atom stereocenters. The molecule has 1 aromatic carbocycles. The number of nitrogens with two attached hydrogens (primary N) is 1. The molecule has 1 aliphatic heterocycles. The van der Waals surface area contributed by atoms with E-state index in [0.29, 0.717) is 12.5 Å². The Morgan fingerprint density at radius 2 is 2.28 bits per heavy atom. The van der Waals surface area contributed by atoms with Gasteiger partial charge in [-0.1, -0.05) is 26.0 Å². The fourth-order valence-electron chi connectivity index (χ4n) is 2.27. The topological polar surface area (TPSA) is 58.4 Å². The van der Waals surface area contributed by atoms with Gasteiger partial charge in [0.05, 0.1) is 17.9 Å². The van der Waals surface area contributed by atoms with E-state index in [4.69, 9.17) is 5.73 Å². The number of nitrogen functional groups attached to an aromatic ring is 1. The van der Waals surface area contributed by atoms with Gasteiger partial charge >= 0.3 is 0 Å². The average molecular weight is 247 g/mol. The van der Waals surface area contributed by atoms with Gasteiger partial charge in [-0.15, -0.1) is 0 Å². The minimum atomic E-state index is 0.0693. The van der Waals surface area contributed by atoms with E-state index in [2.05, 4.69) is 30.1 Å². The van der Waals surface area contributed by atoms with Crippen LogP contribution in [0.1, 0.15) is 19.4 Å². The van der Waals surface area contributed by atoms with Crippen molar-refractivity contribution >= 4 is 17.3 Å². The lowest BCUT2D eigenvalue weighted by atomic mass is 10.1. The Labute approximate surface area is 108 Å². The molecule has 0 fully saturated rings. The van der Waals surface area contributed by atoms with Crippen molar-refractivity contribution in [2.75, 3.05) is 30.3 Å². The van der Waals surface area contributed by atoms with Crippen LogP contribution in [0, 0.1) is 5.92 Å². The van der Waals surface area contributed by atoms with Crippen LogP contribution in [0.15, 0.2) is 18.2 Å². The van der Waals surface area contributed by atoms with Crippen LogP contribution in [0.2, 0.25) is 0 Å². The Bertz CT molecular complexity index is 443. The standard InChI is InChI=1S/C14H21N3O/c1-10(2)8-16-13(18)9-17-7-6-11-4-3-5-12(15)14(11)17/h3-5,10H,6-9,15H2,1-2H3,(H,16,18). The molecular formula is C14H21N3O. The molecule has 1 aromatic rings. The van der Waals surface area contributed by atoms with Gasteiger partial charge in [0.25, 0.3) is 0 Å². The highest BCUT2D eigenvalue weighted by Gasteiger charge is 2.22. The summed E-state index contributed by atoms with van der Waals surface area (Å²) >= 11 is 0. The molecule has 18 heavy (non-hydrogen) atoms. The molecule has 3 N–H and O–H groups in total. The summed E-state index contributed by atoms with van der Waals surface area (Å²) in [6, 6.07) is 5.94. The Hall–Kier alpha value is -1.71. The van der Waals surface area contributed by atoms with Crippen molar-refractivity contribution < 1.29 is 4.79 Å². The summed E-state index contributed by atoms with van der Waals surface area (Å²) in [7, 11) is 0. The first-order valence-electron chi connectivity index (χ1n) is 6.47. The molecule has 0 unspecified atom stereocenters. The first kappa shape index (κ1) is 12.7. The Balaban J connectivity index is 1.99. The first-order valence-corrected chi connectivity index (χ1v) is 6.47. The van der Waals surface area contributed by atoms with Crippen LogP contribution in [-0.2, 0) is 11.2 Å². The van der Waals surface area contributed by atoms with Crippen LogP contribution in [0.25, 0.3) is 0 Å². The number of carbonyl (C=O) groups is 1. The quantitative estimate of drug-likeness (QED) is 0.791. The number of hydrogen-bond donors (Lipinski definition) is 2. The number of benzene rings is 1. The largest absolute Gasteiger partial charge is 0.397 e. The van der Waals surface area contributed by atoms with Crippen molar-refractivity contribution in [2.24, 2.45) is 5.92 Å². The highest BCUT2D eigenvalue weighted by molar-refractivity contribution is 5.85. The lowest BCUT2D eigenvalue weighted by molar-refractivity contribution is -0.119. The summed E-state index contributed by atoms with van der Waals surface area (Å²) in [6.45, 7) is 6.17. The monoisotopic (exact) mass is 247 g/mol. The number of para-hydroxylation sites is 1. The number of nitrogens with zero attached hydrogens (tertiary/aromatic N) is 1. The highest BCUT2D eigenvalue weighted by atomic mass is 16.2. The predicted molar refractivity (Wildman–Crippen MR) is 74.6 cm³/mol. The van der Waals surface area contributed by atoms with E-state index in [1.54, 1.807) is 0 Å². The van der Waals surface area contributed by atoms with E-state index in [9.17, 15) is 4.79 Å². The van der Waals surface area contributed by atoms with Crippen molar-refractivity contribution in [1.82, 2.24) is 5.32 Å². The Morgan fingerprint density at radius 1 is 1.50 bits per heavy atom. The van der Waals surface area contributed by atoms with Gasteiger partial charge in [0.1, 0.15) is 0 Å².